The minimum atomic E-state index is -3.74. The molecule has 0 atom stereocenters. The van der Waals surface area contributed by atoms with Gasteiger partial charge in [-0.15, -0.1) is 0 Å². The van der Waals surface area contributed by atoms with Crippen LogP contribution in [0.5, 0.6) is 17.5 Å². The molecule has 0 fully saturated rings. The van der Waals surface area contributed by atoms with Gasteiger partial charge in [-0.3, -0.25) is 4.98 Å². The minimum absolute atomic E-state index is 0.0208. The van der Waals surface area contributed by atoms with Gasteiger partial charge in [-0.2, -0.15) is 9.97 Å². The molecule has 0 spiro atoms. The van der Waals surface area contributed by atoms with Gasteiger partial charge in [-0.05, 0) is 48.0 Å². The van der Waals surface area contributed by atoms with Crippen LogP contribution in [0.25, 0.3) is 11.3 Å². The van der Waals surface area contributed by atoms with Crippen LogP contribution in [0.4, 0.5) is 5.82 Å². The summed E-state index contributed by atoms with van der Waals surface area (Å²) in [4.78, 5) is 13.2. The number of aromatic nitrogens is 3. The number of sulfonamides is 1. The molecule has 0 N–H and O–H groups in total. The van der Waals surface area contributed by atoms with E-state index in [0.29, 0.717) is 22.8 Å². The number of nitrogens with zero attached hydrogens (tertiary/aromatic N) is 4. The first-order valence-electron chi connectivity index (χ1n) is 9.76. The minimum Gasteiger partial charge on any atom is -0.497 e. The quantitative estimate of drug-likeness (QED) is 0.456. The first kappa shape index (κ1) is 20.0. The Morgan fingerprint density at radius 2 is 1.75 bits per heavy atom. The molecule has 0 unspecified atom stereocenters. The van der Waals surface area contributed by atoms with E-state index >= 15 is 0 Å². The molecule has 0 bridgehead atoms. The van der Waals surface area contributed by atoms with Crippen molar-refractivity contribution in [1.29, 1.82) is 0 Å². The first-order valence-corrected chi connectivity index (χ1v) is 11.2. The molecule has 0 amide bonds. The van der Waals surface area contributed by atoms with E-state index in [0.717, 1.165) is 5.56 Å². The van der Waals surface area contributed by atoms with Gasteiger partial charge in [0.2, 0.25) is 0 Å². The Labute approximate surface area is 185 Å². The second-order valence-corrected chi connectivity index (χ2v) is 8.86. The van der Waals surface area contributed by atoms with E-state index in [-0.39, 0.29) is 23.3 Å². The second kappa shape index (κ2) is 7.93. The van der Waals surface area contributed by atoms with Gasteiger partial charge in [0, 0.05) is 17.8 Å². The Bertz CT molecular complexity index is 1380. The van der Waals surface area contributed by atoms with Crippen LogP contribution < -0.4 is 13.8 Å². The maximum Gasteiger partial charge on any atom is 0.324 e. The van der Waals surface area contributed by atoms with Crippen LogP contribution in [0.2, 0.25) is 0 Å². The Morgan fingerprint density at radius 1 is 0.938 bits per heavy atom. The predicted octanol–water partition coefficient (Wildman–Crippen LogP) is 4.05. The highest BCUT2D eigenvalue weighted by molar-refractivity contribution is 7.93. The molecule has 1 aliphatic heterocycles. The predicted molar refractivity (Wildman–Crippen MR) is 118 cm³/mol. The van der Waals surface area contributed by atoms with E-state index in [9.17, 15) is 8.42 Å². The van der Waals surface area contributed by atoms with Crippen molar-refractivity contribution in [2.75, 3.05) is 11.4 Å². The molecule has 4 aromatic rings. The third-order valence-electron chi connectivity index (χ3n) is 5.03. The summed E-state index contributed by atoms with van der Waals surface area (Å²) in [5, 5.41) is 0. The number of pyridine rings is 1. The zero-order valence-electron chi connectivity index (χ0n) is 17.0. The lowest BCUT2D eigenvalue weighted by molar-refractivity contribution is 0.415. The van der Waals surface area contributed by atoms with Crippen molar-refractivity contribution in [3.8, 4) is 28.8 Å². The molecule has 160 valence electrons. The van der Waals surface area contributed by atoms with Gasteiger partial charge < -0.3 is 9.47 Å². The largest absolute Gasteiger partial charge is 0.497 e. The molecule has 8 nitrogen and oxygen atoms in total. The molecule has 5 rings (SSSR count). The number of rotatable bonds is 5. The number of hydrogen-bond donors (Lipinski definition) is 0. The zero-order valence-corrected chi connectivity index (χ0v) is 17.9. The Morgan fingerprint density at radius 3 is 2.47 bits per heavy atom. The van der Waals surface area contributed by atoms with E-state index in [2.05, 4.69) is 15.0 Å². The van der Waals surface area contributed by atoms with E-state index in [1.807, 2.05) is 18.2 Å². The summed E-state index contributed by atoms with van der Waals surface area (Å²) in [6.45, 7) is 0.184. The van der Waals surface area contributed by atoms with E-state index in [1.165, 1.54) is 10.5 Å². The number of anilines is 1. The van der Waals surface area contributed by atoms with Crippen molar-refractivity contribution >= 4 is 15.8 Å². The van der Waals surface area contributed by atoms with Gasteiger partial charge in [-0.1, -0.05) is 18.2 Å². The van der Waals surface area contributed by atoms with Gasteiger partial charge in [-0.25, -0.2) is 12.7 Å². The third kappa shape index (κ3) is 3.63. The monoisotopic (exact) mass is 446 g/mol. The van der Waals surface area contributed by atoms with Crippen molar-refractivity contribution in [2.24, 2.45) is 0 Å². The highest BCUT2D eigenvalue weighted by atomic mass is 32.2. The maximum atomic E-state index is 13.2. The second-order valence-electron chi connectivity index (χ2n) is 7.03. The topological polar surface area (TPSA) is 94.5 Å². The summed E-state index contributed by atoms with van der Waals surface area (Å²) < 4.78 is 38.7. The molecular formula is C23H18N4O4S. The van der Waals surface area contributed by atoms with Gasteiger partial charge in [0.15, 0.2) is 5.82 Å². The fourth-order valence-corrected chi connectivity index (χ4v) is 5.06. The molecule has 32 heavy (non-hydrogen) atoms. The summed E-state index contributed by atoms with van der Waals surface area (Å²) in [6.07, 6.45) is 3.16. The van der Waals surface area contributed by atoms with Crippen LogP contribution in [0, 0.1) is 0 Å². The van der Waals surface area contributed by atoms with Crippen molar-refractivity contribution in [2.45, 2.75) is 11.4 Å². The van der Waals surface area contributed by atoms with E-state index < -0.39 is 10.0 Å². The zero-order chi connectivity index (χ0) is 22.1. The number of ether oxygens (including phenoxy) is 2. The molecule has 1 aliphatic rings. The Hall–Kier alpha value is -3.98. The number of benzene rings is 2. The van der Waals surface area contributed by atoms with Crippen molar-refractivity contribution in [3.05, 3.63) is 84.7 Å². The van der Waals surface area contributed by atoms with Gasteiger partial charge in [0.25, 0.3) is 10.0 Å². The number of hydrogen-bond acceptors (Lipinski definition) is 7. The smallest absolute Gasteiger partial charge is 0.324 e. The lowest BCUT2D eigenvalue weighted by Gasteiger charge is -2.17. The molecule has 0 radical (unpaired) electrons. The molecular weight excluding hydrogens is 428 g/mol. The summed E-state index contributed by atoms with van der Waals surface area (Å²) in [7, 11) is -2.15. The van der Waals surface area contributed by atoms with Gasteiger partial charge in [0.05, 0.1) is 30.4 Å². The van der Waals surface area contributed by atoms with Crippen LogP contribution in [0.15, 0.2) is 84.0 Å². The van der Waals surface area contributed by atoms with Gasteiger partial charge >= 0.3 is 6.01 Å². The van der Waals surface area contributed by atoms with Crippen molar-refractivity contribution in [3.63, 3.8) is 0 Å². The molecule has 2 aromatic carbocycles. The van der Waals surface area contributed by atoms with Gasteiger partial charge in [0.1, 0.15) is 11.5 Å². The fourth-order valence-electron chi connectivity index (χ4n) is 3.46. The molecule has 9 heteroatoms. The lowest BCUT2D eigenvalue weighted by atomic mass is 10.1. The summed E-state index contributed by atoms with van der Waals surface area (Å²) in [6, 6.07) is 19.3. The first-order chi connectivity index (χ1) is 15.5. The highest BCUT2D eigenvalue weighted by Crippen LogP contribution is 2.36. The summed E-state index contributed by atoms with van der Waals surface area (Å²) >= 11 is 0. The Kier molecular flexibility index (Phi) is 4.95. The van der Waals surface area contributed by atoms with Crippen molar-refractivity contribution < 1.29 is 17.9 Å². The van der Waals surface area contributed by atoms with Crippen LogP contribution >= 0.6 is 0 Å². The fraction of sp³-hybridized carbons (Fsp3) is 0.0870. The molecule has 2 aromatic heterocycles. The molecule has 0 saturated carbocycles. The maximum absolute atomic E-state index is 13.2. The number of fused-ring (bicyclic) bond motifs is 1. The van der Waals surface area contributed by atoms with Crippen LogP contribution in [0.3, 0.4) is 0 Å². The SMILES string of the molecule is COc1ccc(-c2cc(N3Cc4ccccc4S3(=O)=O)nc(Oc3cccnc3)n2)cc1. The normalized spacial score (nSPS) is 14.1. The average molecular weight is 446 g/mol. The lowest BCUT2D eigenvalue weighted by Crippen LogP contribution is -2.25. The average Bonchev–Trinajstić information content (AvgIpc) is 3.10. The number of methoxy groups -OCH3 is 1. The Balaban J connectivity index is 1.61. The third-order valence-corrected chi connectivity index (χ3v) is 6.88. The van der Waals surface area contributed by atoms with Crippen molar-refractivity contribution in [1.82, 2.24) is 15.0 Å². The summed E-state index contributed by atoms with van der Waals surface area (Å²) in [5.74, 6) is 1.37. The molecule has 3 heterocycles. The molecule has 0 aliphatic carbocycles. The van der Waals surface area contributed by atoms with Crippen LogP contribution in [-0.2, 0) is 16.6 Å². The van der Waals surface area contributed by atoms with Crippen LogP contribution in [-0.4, -0.2) is 30.5 Å². The van der Waals surface area contributed by atoms with Crippen LogP contribution in [0.1, 0.15) is 5.56 Å². The molecule has 0 saturated heterocycles. The van der Waals surface area contributed by atoms with E-state index in [1.54, 1.807) is 61.8 Å². The summed E-state index contributed by atoms with van der Waals surface area (Å²) in [5.41, 5.74) is 1.99. The highest BCUT2D eigenvalue weighted by Gasteiger charge is 2.36. The standard InChI is InChI=1S/C23H18N4O4S/c1-30-18-10-8-16(9-11-18)20-13-22(26-23(25-20)31-19-6-4-12-24-14-19)27-15-17-5-2-3-7-21(17)32(27,28)29/h2-14H,15H2,1H3. The van der Waals surface area contributed by atoms with E-state index in [4.69, 9.17) is 9.47 Å².